The van der Waals surface area contributed by atoms with Gasteiger partial charge in [-0.3, -0.25) is 0 Å². The van der Waals surface area contributed by atoms with Crippen molar-refractivity contribution < 1.29 is 4.74 Å². The van der Waals surface area contributed by atoms with Gasteiger partial charge < -0.3 is 10.1 Å². The van der Waals surface area contributed by atoms with Gasteiger partial charge in [0.1, 0.15) is 0 Å². The standard InChI is InChI=1S/C15H24BrNOS/c1-3-8-17-13(7-6-12-5-4-9-18-12)14-10-11(2)15(16)19-14/h10,12-13,17H,3-9H2,1-2H3. The van der Waals surface area contributed by atoms with E-state index in [9.17, 15) is 0 Å². The Morgan fingerprint density at radius 3 is 3.00 bits per heavy atom. The van der Waals surface area contributed by atoms with E-state index in [1.165, 1.54) is 46.3 Å². The molecule has 1 aromatic heterocycles. The van der Waals surface area contributed by atoms with Crippen LogP contribution in [-0.2, 0) is 4.74 Å². The van der Waals surface area contributed by atoms with Crippen molar-refractivity contribution in [1.29, 1.82) is 0 Å². The molecule has 0 radical (unpaired) electrons. The van der Waals surface area contributed by atoms with Gasteiger partial charge in [-0.15, -0.1) is 11.3 Å². The quantitative estimate of drug-likeness (QED) is 0.764. The zero-order chi connectivity index (χ0) is 13.7. The Hall–Kier alpha value is 0.1000. The molecule has 1 aromatic rings. The Labute approximate surface area is 129 Å². The largest absolute Gasteiger partial charge is 0.378 e. The SMILES string of the molecule is CCCNC(CCC1CCCO1)c1cc(C)c(Br)s1. The third-order valence-corrected chi connectivity index (χ3v) is 5.91. The minimum atomic E-state index is 0.485. The van der Waals surface area contributed by atoms with Crippen molar-refractivity contribution in [3.63, 3.8) is 0 Å². The van der Waals surface area contributed by atoms with Crippen molar-refractivity contribution in [2.75, 3.05) is 13.2 Å². The third-order valence-electron chi connectivity index (χ3n) is 3.66. The van der Waals surface area contributed by atoms with Gasteiger partial charge in [0.15, 0.2) is 0 Å². The number of thiophene rings is 1. The van der Waals surface area contributed by atoms with Gasteiger partial charge in [-0.25, -0.2) is 0 Å². The lowest BCUT2D eigenvalue weighted by Gasteiger charge is -2.19. The highest BCUT2D eigenvalue weighted by Crippen LogP contribution is 2.34. The molecule has 0 aliphatic carbocycles. The maximum absolute atomic E-state index is 5.74. The third kappa shape index (κ3) is 4.55. The molecule has 1 saturated heterocycles. The van der Waals surface area contributed by atoms with E-state index in [0.717, 1.165) is 13.2 Å². The number of hydrogen-bond acceptors (Lipinski definition) is 3. The molecule has 4 heteroatoms. The molecule has 2 heterocycles. The number of hydrogen-bond donors (Lipinski definition) is 1. The molecule has 2 atom stereocenters. The Balaban J connectivity index is 1.93. The zero-order valence-corrected chi connectivity index (χ0v) is 14.3. The molecule has 1 aliphatic rings. The summed E-state index contributed by atoms with van der Waals surface area (Å²) in [5, 5.41) is 3.68. The van der Waals surface area contributed by atoms with Crippen LogP contribution in [0.25, 0.3) is 0 Å². The normalized spacial score (nSPS) is 20.9. The number of rotatable bonds is 7. The van der Waals surface area contributed by atoms with Crippen LogP contribution in [0.4, 0.5) is 0 Å². The molecule has 0 aromatic carbocycles. The van der Waals surface area contributed by atoms with Crippen molar-refractivity contribution in [2.45, 2.75) is 58.1 Å². The lowest BCUT2D eigenvalue weighted by Crippen LogP contribution is -2.22. The van der Waals surface area contributed by atoms with Crippen LogP contribution in [0.3, 0.4) is 0 Å². The van der Waals surface area contributed by atoms with Crippen LogP contribution in [0.2, 0.25) is 0 Å². The van der Waals surface area contributed by atoms with Crippen molar-refractivity contribution in [1.82, 2.24) is 5.32 Å². The molecule has 0 bridgehead atoms. The predicted molar refractivity (Wildman–Crippen MR) is 86.0 cm³/mol. The highest BCUT2D eigenvalue weighted by molar-refractivity contribution is 9.11. The lowest BCUT2D eigenvalue weighted by atomic mass is 10.0. The van der Waals surface area contributed by atoms with Gasteiger partial charge in [0.05, 0.1) is 9.89 Å². The zero-order valence-electron chi connectivity index (χ0n) is 11.9. The summed E-state index contributed by atoms with van der Waals surface area (Å²) in [5.41, 5.74) is 1.35. The molecule has 1 N–H and O–H groups in total. The fraction of sp³-hybridized carbons (Fsp3) is 0.733. The first-order valence-electron chi connectivity index (χ1n) is 7.31. The topological polar surface area (TPSA) is 21.3 Å². The van der Waals surface area contributed by atoms with E-state index in [1.54, 1.807) is 0 Å². The number of ether oxygens (including phenoxy) is 1. The van der Waals surface area contributed by atoms with Crippen LogP contribution in [0.15, 0.2) is 9.85 Å². The predicted octanol–water partition coefficient (Wildman–Crippen LogP) is 4.82. The molecule has 0 amide bonds. The van der Waals surface area contributed by atoms with E-state index in [2.05, 4.69) is 41.2 Å². The van der Waals surface area contributed by atoms with Crippen LogP contribution < -0.4 is 5.32 Å². The summed E-state index contributed by atoms with van der Waals surface area (Å²) in [6.45, 7) is 6.44. The van der Waals surface area contributed by atoms with E-state index in [4.69, 9.17) is 4.74 Å². The second kappa shape index (κ2) is 7.77. The molecular formula is C15H24BrNOS. The molecule has 0 saturated carbocycles. The molecule has 2 unspecified atom stereocenters. The van der Waals surface area contributed by atoms with Crippen molar-refractivity contribution in [2.24, 2.45) is 0 Å². The van der Waals surface area contributed by atoms with Crippen LogP contribution in [0.1, 0.15) is 55.5 Å². The highest BCUT2D eigenvalue weighted by atomic mass is 79.9. The maximum Gasteiger partial charge on any atom is 0.0731 e. The summed E-state index contributed by atoms with van der Waals surface area (Å²) in [4.78, 5) is 1.45. The summed E-state index contributed by atoms with van der Waals surface area (Å²) >= 11 is 5.50. The first-order chi connectivity index (χ1) is 9.20. The van der Waals surface area contributed by atoms with E-state index >= 15 is 0 Å². The van der Waals surface area contributed by atoms with Gasteiger partial charge in [-0.1, -0.05) is 6.92 Å². The molecule has 0 spiro atoms. The van der Waals surface area contributed by atoms with Crippen LogP contribution >= 0.6 is 27.3 Å². The van der Waals surface area contributed by atoms with Crippen molar-refractivity contribution >= 4 is 27.3 Å². The molecular weight excluding hydrogens is 322 g/mol. The van der Waals surface area contributed by atoms with Gasteiger partial charge in [0, 0.05) is 17.5 Å². The molecule has 1 aliphatic heterocycles. The van der Waals surface area contributed by atoms with Crippen molar-refractivity contribution in [3.8, 4) is 0 Å². The number of halogens is 1. The first-order valence-corrected chi connectivity index (χ1v) is 8.92. The van der Waals surface area contributed by atoms with Crippen LogP contribution in [0.5, 0.6) is 0 Å². The number of aryl methyl sites for hydroxylation is 1. The summed E-state index contributed by atoms with van der Waals surface area (Å²) in [5.74, 6) is 0. The summed E-state index contributed by atoms with van der Waals surface area (Å²) < 4.78 is 7.01. The Morgan fingerprint density at radius 1 is 1.58 bits per heavy atom. The smallest absolute Gasteiger partial charge is 0.0731 e. The van der Waals surface area contributed by atoms with Gasteiger partial charge in [-0.2, -0.15) is 0 Å². The van der Waals surface area contributed by atoms with Crippen LogP contribution in [0, 0.1) is 6.92 Å². The summed E-state index contributed by atoms with van der Waals surface area (Å²) in [7, 11) is 0. The van der Waals surface area contributed by atoms with Crippen molar-refractivity contribution in [3.05, 3.63) is 20.3 Å². The molecule has 108 valence electrons. The minimum Gasteiger partial charge on any atom is -0.378 e. The monoisotopic (exact) mass is 345 g/mol. The average molecular weight is 346 g/mol. The van der Waals surface area contributed by atoms with Gasteiger partial charge in [0.25, 0.3) is 0 Å². The Kier molecular flexibility index (Phi) is 6.33. The first kappa shape index (κ1) is 15.5. The van der Waals surface area contributed by atoms with Gasteiger partial charge in [0.2, 0.25) is 0 Å². The highest BCUT2D eigenvalue weighted by Gasteiger charge is 2.20. The second-order valence-corrected chi connectivity index (χ2v) is 7.73. The molecule has 19 heavy (non-hydrogen) atoms. The summed E-state index contributed by atoms with van der Waals surface area (Å²) in [6, 6.07) is 2.80. The van der Waals surface area contributed by atoms with E-state index in [-0.39, 0.29) is 0 Å². The second-order valence-electron chi connectivity index (χ2n) is 5.32. The van der Waals surface area contributed by atoms with E-state index in [1.807, 2.05) is 11.3 Å². The number of nitrogens with one attached hydrogen (secondary N) is 1. The van der Waals surface area contributed by atoms with Gasteiger partial charge >= 0.3 is 0 Å². The lowest BCUT2D eigenvalue weighted by molar-refractivity contribution is 0.0997. The minimum absolute atomic E-state index is 0.485. The van der Waals surface area contributed by atoms with Crippen LogP contribution in [-0.4, -0.2) is 19.3 Å². The average Bonchev–Trinajstić information content (AvgIpc) is 3.01. The Bertz CT molecular complexity index is 368. The molecule has 2 rings (SSSR count). The Morgan fingerprint density at radius 2 is 2.42 bits per heavy atom. The molecule has 1 fully saturated rings. The maximum atomic E-state index is 5.74. The fourth-order valence-corrected chi connectivity index (χ4v) is 4.22. The summed E-state index contributed by atoms with van der Waals surface area (Å²) in [6.07, 6.45) is 6.51. The fourth-order valence-electron chi connectivity index (χ4n) is 2.54. The van der Waals surface area contributed by atoms with E-state index < -0.39 is 0 Å². The molecule has 2 nitrogen and oxygen atoms in total. The van der Waals surface area contributed by atoms with Gasteiger partial charge in [-0.05, 0) is 73.1 Å². The van der Waals surface area contributed by atoms with E-state index in [0.29, 0.717) is 12.1 Å².